The van der Waals surface area contributed by atoms with Gasteiger partial charge in [-0.3, -0.25) is 0 Å². The van der Waals surface area contributed by atoms with Gasteiger partial charge < -0.3 is 18.5 Å². The lowest BCUT2D eigenvalue weighted by molar-refractivity contribution is 0.122. The molecule has 6 nitrogen and oxygen atoms in total. The highest BCUT2D eigenvalue weighted by Gasteiger charge is 2.14. The number of hydrogen-bond donors (Lipinski definition) is 0. The van der Waals surface area contributed by atoms with Gasteiger partial charge in [0, 0.05) is 29.7 Å². The summed E-state index contributed by atoms with van der Waals surface area (Å²) in [6.07, 6.45) is 7.22. The van der Waals surface area contributed by atoms with Crippen LogP contribution >= 0.6 is 0 Å². The third kappa shape index (κ3) is 4.87. The lowest BCUT2D eigenvalue weighted by Crippen LogP contribution is -2.04. The van der Waals surface area contributed by atoms with E-state index in [0.717, 1.165) is 34.4 Å². The van der Waals surface area contributed by atoms with E-state index in [1.807, 2.05) is 91.0 Å². The van der Waals surface area contributed by atoms with E-state index < -0.39 is 0 Å². The Bertz CT molecular complexity index is 1210. The van der Waals surface area contributed by atoms with Crippen molar-refractivity contribution in [3.8, 4) is 22.5 Å². The Balaban J connectivity index is 1.09. The number of ether oxygens (including phenoxy) is 2. The molecule has 0 bridgehead atoms. The zero-order valence-electron chi connectivity index (χ0n) is 17.3. The number of allylic oxidation sites excluding steroid dienone is 1. The summed E-state index contributed by atoms with van der Waals surface area (Å²) in [4.78, 5) is 0. The number of rotatable bonds is 8. The maximum absolute atomic E-state index is 5.85. The molecule has 0 N–H and O–H groups in total. The predicted molar refractivity (Wildman–Crippen MR) is 119 cm³/mol. The molecule has 1 aliphatic rings. The van der Waals surface area contributed by atoms with Crippen molar-refractivity contribution < 1.29 is 18.5 Å². The lowest BCUT2D eigenvalue weighted by Gasteiger charge is -2.15. The van der Waals surface area contributed by atoms with Gasteiger partial charge in [0.05, 0.1) is 0 Å². The van der Waals surface area contributed by atoms with Crippen LogP contribution in [-0.4, -0.2) is 10.3 Å². The zero-order chi connectivity index (χ0) is 21.6. The van der Waals surface area contributed by atoms with E-state index in [4.69, 9.17) is 18.5 Å². The van der Waals surface area contributed by atoms with Crippen molar-refractivity contribution in [3.05, 3.63) is 114 Å². The molecule has 5 rings (SSSR count). The van der Waals surface area contributed by atoms with Gasteiger partial charge in [0.15, 0.2) is 11.5 Å². The number of aromatic nitrogens is 2. The van der Waals surface area contributed by atoms with Crippen LogP contribution in [-0.2, 0) is 22.7 Å². The quantitative estimate of drug-likeness (QED) is 0.339. The molecule has 32 heavy (non-hydrogen) atoms. The molecule has 2 aromatic heterocycles. The standard InChI is InChI=1S/C26H21N2O4/c1-3-7-19(8-4-1)25-15-23(31-27-25)17-29-21-11-13-22(14-12-21)30-18-24-16-26(28-32-24)20-9-5-2-6-10-20/h1-13,15-16H,14,17-18H2. The summed E-state index contributed by atoms with van der Waals surface area (Å²) in [6, 6.07) is 23.6. The molecule has 0 spiro atoms. The fourth-order valence-electron chi connectivity index (χ4n) is 3.30. The maximum Gasteiger partial charge on any atom is 0.174 e. The normalized spacial score (nSPS) is 13.8. The van der Waals surface area contributed by atoms with Crippen LogP contribution in [0.5, 0.6) is 0 Å². The summed E-state index contributed by atoms with van der Waals surface area (Å²) in [6.45, 7) is 0.635. The van der Waals surface area contributed by atoms with Gasteiger partial charge in [-0.15, -0.1) is 0 Å². The number of hydrogen-bond acceptors (Lipinski definition) is 6. The van der Waals surface area contributed by atoms with Crippen LogP contribution in [0.3, 0.4) is 0 Å². The summed E-state index contributed by atoms with van der Waals surface area (Å²) in [5, 5.41) is 8.21. The molecular formula is C26H21N2O4. The Morgan fingerprint density at radius 2 is 1.25 bits per heavy atom. The van der Waals surface area contributed by atoms with E-state index >= 15 is 0 Å². The number of nitrogens with zero attached hydrogens (tertiary/aromatic N) is 2. The van der Waals surface area contributed by atoms with Gasteiger partial charge in [0.1, 0.15) is 36.5 Å². The summed E-state index contributed by atoms with van der Waals surface area (Å²) in [5.74, 6) is 2.11. The van der Waals surface area contributed by atoms with Crippen molar-refractivity contribution in [2.24, 2.45) is 0 Å². The molecular weight excluding hydrogens is 404 g/mol. The Kier molecular flexibility index (Phi) is 5.94. The highest BCUT2D eigenvalue weighted by Crippen LogP contribution is 2.25. The zero-order valence-corrected chi connectivity index (χ0v) is 17.3. The van der Waals surface area contributed by atoms with Gasteiger partial charge in [-0.2, -0.15) is 0 Å². The van der Waals surface area contributed by atoms with Crippen LogP contribution < -0.4 is 0 Å². The van der Waals surface area contributed by atoms with Crippen molar-refractivity contribution >= 4 is 0 Å². The molecule has 0 unspecified atom stereocenters. The molecule has 0 aliphatic heterocycles. The van der Waals surface area contributed by atoms with E-state index in [-0.39, 0.29) is 0 Å². The lowest BCUT2D eigenvalue weighted by atomic mass is 10.1. The smallest absolute Gasteiger partial charge is 0.174 e. The largest absolute Gasteiger partial charge is 0.486 e. The molecule has 0 fully saturated rings. The molecule has 0 saturated carbocycles. The fourth-order valence-corrected chi connectivity index (χ4v) is 3.30. The first-order valence-corrected chi connectivity index (χ1v) is 10.4. The van der Waals surface area contributed by atoms with Gasteiger partial charge in [-0.1, -0.05) is 71.0 Å². The van der Waals surface area contributed by atoms with Crippen LogP contribution in [0.1, 0.15) is 17.9 Å². The van der Waals surface area contributed by atoms with E-state index in [2.05, 4.69) is 10.3 Å². The van der Waals surface area contributed by atoms with Crippen LogP contribution in [0, 0.1) is 6.10 Å². The van der Waals surface area contributed by atoms with Crippen molar-refractivity contribution in [2.75, 3.05) is 0 Å². The van der Waals surface area contributed by atoms with Gasteiger partial charge >= 0.3 is 0 Å². The van der Waals surface area contributed by atoms with Gasteiger partial charge in [-0.25, -0.2) is 0 Å². The topological polar surface area (TPSA) is 70.5 Å². The summed E-state index contributed by atoms with van der Waals surface area (Å²) in [5.41, 5.74) is 3.62. The Labute approximate surface area is 185 Å². The minimum absolute atomic E-state index is 0.312. The molecule has 159 valence electrons. The first-order chi connectivity index (χ1) is 15.8. The van der Waals surface area contributed by atoms with E-state index in [0.29, 0.717) is 31.2 Å². The van der Waals surface area contributed by atoms with Crippen LogP contribution in [0.15, 0.2) is 106 Å². The second kappa shape index (κ2) is 9.49. The van der Waals surface area contributed by atoms with E-state index in [1.165, 1.54) is 0 Å². The fraction of sp³-hybridized carbons (Fsp3) is 0.115. The first kappa shape index (κ1) is 20.0. The second-order valence-electron chi connectivity index (χ2n) is 7.28. The third-order valence-electron chi connectivity index (χ3n) is 4.98. The van der Waals surface area contributed by atoms with Gasteiger partial charge in [-0.05, 0) is 18.2 Å². The minimum atomic E-state index is 0.312. The molecule has 0 atom stereocenters. The van der Waals surface area contributed by atoms with Crippen molar-refractivity contribution in [2.45, 2.75) is 19.6 Å². The molecule has 2 heterocycles. The van der Waals surface area contributed by atoms with Crippen molar-refractivity contribution in [1.29, 1.82) is 0 Å². The van der Waals surface area contributed by atoms with Crippen LogP contribution in [0.4, 0.5) is 0 Å². The summed E-state index contributed by atoms with van der Waals surface area (Å²) >= 11 is 0. The Hall–Kier alpha value is -3.90. The molecule has 6 heteroatoms. The average Bonchev–Trinajstić information content (AvgIpc) is 3.53. The second-order valence-corrected chi connectivity index (χ2v) is 7.28. The predicted octanol–water partition coefficient (Wildman–Crippen LogP) is 6.11. The maximum atomic E-state index is 5.85. The van der Waals surface area contributed by atoms with Crippen molar-refractivity contribution in [1.82, 2.24) is 10.3 Å². The molecule has 0 amide bonds. The molecule has 4 aromatic rings. The molecule has 1 radical (unpaired) electrons. The Morgan fingerprint density at radius 3 is 1.78 bits per heavy atom. The van der Waals surface area contributed by atoms with Crippen LogP contribution in [0.2, 0.25) is 0 Å². The summed E-state index contributed by atoms with van der Waals surface area (Å²) < 4.78 is 22.4. The number of benzene rings is 2. The monoisotopic (exact) mass is 425 g/mol. The third-order valence-corrected chi connectivity index (χ3v) is 4.98. The first-order valence-electron chi connectivity index (χ1n) is 10.4. The SMILES string of the molecule is C1=CC(OCc2cc(-c3ccccc3)no2)=CC[C]1OCc1cc(-c2ccccc2)no1. The van der Waals surface area contributed by atoms with Crippen LogP contribution in [0.25, 0.3) is 22.5 Å². The molecule has 0 saturated heterocycles. The van der Waals surface area contributed by atoms with Gasteiger partial charge in [0.2, 0.25) is 0 Å². The molecule has 1 aliphatic carbocycles. The highest BCUT2D eigenvalue weighted by atomic mass is 16.5. The van der Waals surface area contributed by atoms with E-state index in [1.54, 1.807) is 0 Å². The molecule has 2 aromatic carbocycles. The highest BCUT2D eigenvalue weighted by molar-refractivity contribution is 5.59. The minimum Gasteiger partial charge on any atom is -0.486 e. The average molecular weight is 425 g/mol. The van der Waals surface area contributed by atoms with Gasteiger partial charge in [0.25, 0.3) is 0 Å². The summed E-state index contributed by atoms with van der Waals surface area (Å²) in [7, 11) is 0. The van der Waals surface area contributed by atoms with E-state index in [9.17, 15) is 0 Å². The van der Waals surface area contributed by atoms with Crippen molar-refractivity contribution in [3.63, 3.8) is 0 Å². The Morgan fingerprint density at radius 1 is 0.688 bits per heavy atom.